The van der Waals surface area contributed by atoms with E-state index in [9.17, 15) is 13.2 Å². The third-order valence-electron chi connectivity index (χ3n) is 3.40. The van der Waals surface area contributed by atoms with Crippen molar-refractivity contribution >= 4 is 21.4 Å². The first-order valence-corrected chi connectivity index (χ1v) is 8.07. The molecule has 104 valence electrons. The van der Waals surface area contributed by atoms with Gasteiger partial charge in [0.15, 0.2) is 9.84 Å². The number of hydrogen-bond acceptors (Lipinski definition) is 4. The van der Waals surface area contributed by atoms with Gasteiger partial charge in [0.1, 0.15) is 0 Å². The van der Waals surface area contributed by atoms with E-state index in [1.54, 1.807) is 17.0 Å². The van der Waals surface area contributed by atoms with Crippen LogP contribution in [0, 0.1) is 6.92 Å². The SMILES string of the molecule is Cc1cccc(C(=O)N2CCCS(=O)(=O)CC2)c1N. The molecule has 1 amide bonds. The van der Waals surface area contributed by atoms with Crippen LogP contribution in [0.4, 0.5) is 5.69 Å². The topological polar surface area (TPSA) is 80.5 Å². The number of para-hydroxylation sites is 1. The summed E-state index contributed by atoms with van der Waals surface area (Å²) in [7, 11) is -3.01. The maximum Gasteiger partial charge on any atom is 0.255 e. The Labute approximate surface area is 113 Å². The Morgan fingerprint density at radius 2 is 2.00 bits per heavy atom. The highest BCUT2D eigenvalue weighted by Gasteiger charge is 2.24. The van der Waals surface area contributed by atoms with Crippen molar-refractivity contribution in [3.63, 3.8) is 0 Å². The number of nitrogens with zero attached hydrogens (tertiary/aromatic N) is 1. The smallest absolute Gasteiger partial charge is 0.255 e. The highest BCUT2D eigenvalue weighted by Crippen LogP contribution is 2.19. The quantitative estimate of drug-likeness (QED) is 0.774. The Balaban J connectivity index is 2.22. The first kappa shape index (κ1) is 13.9. The third-order valence-corrected chi connectivity index (χ3v) is 5.11. The van der Waals surface area contributed by atoms with Crippen LogP contribution in [0.1, 0.15) is 22.3 Å². The van der Waals surface area contributed by atoms with E-state index in [1.807, 2.05) is 13.0 Å². The van der Waals surface area contributed by atoms with Gasteiger partial charge in [-0.3, -0.25) is 4.79 Å². The number of rotatable bonds is 1. The fourth-order valence-electron chi connectivity index (χ4n) is 2.18. The van der Waals surface area contributed by atoms with Crippen molar-refractivity contribution in [2.24, 2.45) is 0 Å². The number of amides is 1. The number of carbonyl (C=O) groups excluding carboxylic acids is 1. The van der Waals surface area contributed by atoms with Gasteiger partial charge in [0.25, 0.3) is 5.91 Å². The Morgan fingerprint density at radius 3 is 2.74 bits per heavy atom. The normalized spacial score (nSPS) is 18.9. The van der Waals surface area contributed by atoms with Crippen LogP contribution < -0.4 is 5.73 Å². The summed E-state index contributed by atoms with van der Waals surface area (Å²) in [4.78, 5) is 14.0. The van der Waals surface area contributed by atoms with Gasteiger partial charge in [-0.25, -0.2) is 8.42 Å². The predicted octanol–water partition coefficient (Wildman–Crippen LogP) is 0.838. The molecule has 6 heteroatoms. The number of aryl methyl sites for hydroxylation is 1. The van der Waals surface area contributed by atoms with Crippen LogP contribution in [0.25, 0.3) is 0 Å². The Morgan fingerprint density at radius 1 is 1.26 bits per heavy atom. The van der Waals surface area contributed by atoms with Crippen molar-refractivity contribution in [2.45, 2.75) is 13.3 Å². The molecule has 1 aromatic carbocycles. The summed E-state index contributed by atoms with van der Waals surface area (Å²) in [5.74, 6) is 0.00293. The van der Waals surface area contributed by atoms with E-state index in [0.717, 1.165) is 5.56 Å². The summed E-state index contributed by atoms with van der Waals surface area (Å²) < 4.78 is 23.1. The second-order valence-electron chi connectivity index (χ2n) is 4.83. The third kappa shape index (κ3) is 3.07. The molecule has 5 nitrogen and oxygen atoms in total. The molecule has 1 aliphatic heterocycles. The summed E-state index contributed by atoms with van der Waals surface area (Å²) in [6.45, 7) is 2.55. The van der Waals surface area contributed by atoms with Crippen LogP contribution in [-0.2, 0) is 9.84 Å². The molecule has 2 rings (SSSR count). The van der Waals surface area contributed by atoms with Crippen LogP contribution in [-0.4, -0.2) is 43.8 Å². The minimum absolute atomic E-state index is 0.0322. The van der Waals surface area contributed by atoms with Gasteiger partial charge >= 0.3 is 0 Å². The van der Waals surface area contributed by atoms with Crippen molar-refractivity contribution in [3.8, 4) is 0 Å². The Kier molecular flexibility index (Phi) is 3.80. The molecular formula is C13H18N2O3S. The molecule has 19 heavy (non-hydrogen) atoms. The fourth-order valence-corrected chi connectivity index (χ4v) is 3.45. The molecule has 1 aromatic rings. The lowest BCUT2D eigenvalue weighted by Gasteiger charge is -2.21. The average Bonchev–Trinajstić information content (AvgIpc) is 2.53. The molecule has 1 saturated heterocycles. The summed E-state index contributed by atoms with van der Waals surface area (Å²) in [5, 5.41) is 0. The first-order chi connectivity index (χ1) is 8.91. The molecule has 0 radical (unpaired) electrons. The van der Waals surface area contributed by atoms with Gasteiger partial charge in [-0.05, 0) is 25.0 Å². The number of anilines is 1. The monoisotopic (exact) mass is 282 g/mol. The second kappa shape index (κ2) is 5.21. The van der Waals surface area contributed by atoms with Crippen molar-refractivity contribution in [2.75, 3.05) is 30.3 Å². The van der Waals surface area contributed by atoms with Crippen molar-refractivity contribution < 1.29 is 13.2 Å². The van der Waals surface area contributed by atoms with Gasteiger partial charge in [-0.2, -0.15) is 0 Å². The van der Waals surface area contributed by atoms with Gasteiger partial charge in [-0.1, -0.05) is 12.1 Å². The number of nitrogen functional groups attached to an aromatic ring is 1. The van der Waals surface area contributed by atoms with Crippen LogP contribution in [0.15, 0.2) is 18.2 Å². The van der Waals surface area contributed by atoms with E-state index in [0.29, 0.717) is 24.2 Å². The summed E-state index contributed by atoms with van der Waals surface area (Å²) in [6, 6.07) is 5.32. The van der Waals surface area contributed by atoms with Gasteiger partial charge in [0.2, 0.25) is 0 Å². The zero-order valence-corrected chi connectivity index (χ0v) is 11.7. The second-order valence-corrected chi connectivity index (χ2v) is 7.14. The molecule has 0 spiro atoms. The van der Waals surface area contributed by atoms with Gasteiger partial charge in [0, 0.05) is 18.8 Å². The van der Waals surface area contributed by atoms with Crippen LogP contribution in [0.3, 0.4) is 0 Å². The van der Waals surface area contributed by atoms with E-state index >= 15 is 0 Å². The maximum atomic E-state index is 12.4. The van der Waals surface area contributed by atoms with E-state index in [2.05, 4.69) is 0 Å². The maximum absolute atomic E-state index is 12.4. The highest BCUT2D eigenvalue weighted by molar-refractivity contribution is 7.91. The molecule has 0 saturated carbocycles. The van der Waals surface area contributed by atoms with E-state index in [4.69, 9.17) is 5.73 Å². The van der Waals surface area contributed by atoms with E-state index in [-0.39, 0.29) is 24.0 Å². The van der Waals surface area contributed by atoms with Gasteiger partial charge in [-0.15, -0.1) is 0 Å². The molecule has 0 unspecified atom stereocenters. The lowest BCUT2D eigenvalue weighted by Crippen LogP contribution is -2.34. The highest BCUT2D eigenvalue weighted by atomic mass is 32.2. The molecule has 0 aromatic heterocycles. The predicted molar refractivity (Wildman–Crippen MR) is 74.8 cm³/mol. The number of nitrogens with two attached hydrogens (primary N) is 1. The van der Waals surface area contributed by atoms with Crippen LogP contribution >= 0.6 is 0 Å². The first-order valence-electron chi connectivity index (χ1n) is 6.25. The van der Waals surface area contributed by atoms with Crippen molar-refractivity contribution in [1.29, 1.82) is 0 Å². The molecular weight excluding hydrogens is 264 g/mol. The minimum atomic E-state index is -3.01. The van der Waals surface area contributed by atoms with Gasteiger partial charge in [0.05, 0.1) is 17.1 Å². The Bertz CT molecular complexity index is 596. The summed E-state index contributed by atoms with van der Waals surface area (Å²) in [6.07, 6.45) is 0.486. The zero-order chi connectivity index (χ0) is 14.0. The number of hydrogen-bond donors (Lipinski definition) is 1. The summed E-state index contributed by atoms with van der Waals surface area (Å²) in [5.41, 5.74) is 7.70. The van der Waals surface area contributed by atoms with Gasteiger partial charge < -0.3 is 10.6 Å². The van der Waals surface area contributed by atoms with E-state index in [1.165, 1.54) is 0 Å². The van der Waals surface area contributed by atoms with Crippen molar-refractivity contribution in [1.82, 2.24) is 4.90 Å². The summed E-state index contributed by atoms with van der Waals surface area (Å²) >= 11 is 0. The lowest BCUT2D eigenvalue weighted by atomic mass is 10.1. The van der Waals surface area contributed by atoms with E-state index < -0.39 is 9.84 Å². The fraction of sp³-hybridized carbons (Fsp3) is 0.462. The number of carbonyl (C=O) groups is 1. The molecule has 1 heterocycles. The zero-order valence-electron chi connectivity index (χ0n) is 10.9. The lowest BCUT2D eigenvalue weighted by molar-refractivity contribution is 0.0769. The standard InChI is InChI=1S/C13H18N2O3S/c1-10-4-2-5-11(12(10)14)13(16)15-6-3-8-19(17,18)9-7-15/h2,4-5H,3,6-9,14H2,1H3. The Hall–Kier alpha value is -1.56. The molecule has 0 aliphatic carbocycles. The number of sulfone groups is 1. The molecule has 1 fully saturated rings. The number of benzene rings is 1. The molecule has 0 bridgehead atoms. The van der Waals surface area contributed by atoms with Crippen LogP contribution in [0.2, 0.25) is 0 Å². The minimum Gasteiger partial charge on any atom is -0.398 e. The van der Waals surface area contributed by atoms with Crippen LogP contribution in [0.5, 0.6) is 0 Å². The van der Waals surface area contributed by atoms with Crippen molar-refractivity contribution in [3.05, 3.63) is 29.3 Å². The molecule has 2 N–H and O–H groups in total. The molecule has 1 aliphatic rings. The average molecular weight is 282 g/mol. The largest absolute Gasteiger partial charge is 0.398 e. The molecule has 0 atom stereocenters.